The third-order valence-corrected chi connectivity index (χ3v) is 5.87. The minimum Gasteiger partial charge on any atom is -0.872 e. The molecule has 2 aromatic carbocycles. The fraction of sp³-hybridized carbons (Fsp3) is 0.250. The number of phenolic OH excluding ortho intramolecular Hbond substituents is 1. The fourth-order valence-electron chi connectivity index (χ4n) is 4.09. The number of Topliss-reactive ketones (excluding diaryl/α,β-unsaturated/α-hetero) is 1. The van der Waals surface area contributed by atoms with E-state index in [1.807, 2.05) is 19.9 Å². The zero-order valence-electron chi connectivity index (χ0n) is 20.4. The Bertz CT molecular complexity index is 1290. The summed E-state index contributed by atoms with van der Waals surface area (Å²) in [4.78, 5) is 30.7. The summed E-state index contributed by atoms with van der Waals surface area (Å²) in [5, 5.41) is 23.7. The Balaban J connectivity index is 1.79. The number of rotatable bonds is 8. The van der Waals surface area contributed by atoms with Crippen molar-refractivity contribution in [3.8, 4) is 17.2 Å². The maximum atomic E-state index is 13.6. The van der Waals surface area contributed by atoms with Gasteiger partial charge in [0.1, 0.15) is 5.75 Å². The van der Waals surface area contributed by atoms with Crippen LogP contribution in [0.25, 0.3) is 5.76 Å². The monoisotopic (exact) mass is 488 g/mol. The number of phenols is 1. The SMILES string of the molecule is COc1cc(C2C(=C([O-])c3ccc(OCC(C)C)cc3)C(=O)C(=O)N2Cc2ccc[nH+]c2)ccc1O. The van der Waals surface area contributed by atoms with Crippen LogP contribution in [-0.2, 0) is 16.1 Å². The highest BCUT2D eigenvalue weighted by atomic mass is 16.5. The van der Waals surface area contributed by atoms with Gasteiger partial charge in [0.05, 0.1) is 26.3 Å². The van der Waals surface area contributed by atoms with Gasteiger partial charge in [0.2, 0.25) is 5.78 Å². The Labute approximate surface area is 209 Å². The third kappa shape index (κ3) is 5.02. The lowest BCUT2D eigenvalue weighted by atomic mass is 9.95. The zero-order chi connectivity index (χ0) is 25.8. The van der Waals surface area contributed by atoms with E-state index in [-0.39, 0.29) is 29.2 Å². The van der Waals surface area contributed by atoms with Crippen LogP contribution in [-0.4, -0.2) is 35.4 Å². The number of aromatic hydroxyl groups is 1. The molecule has 3 aromatic rings. The molecule has 0 spiro atoms. The Kier molecular flexibility index (Phi) is 7.24. The topological polar surface area (TPSA) is 113 Å². The van der Waals surface area contributed by atoms with Crippen LogP contribution < -0.4 is 19.6 Å². The normalized spacial score (nSPS) is 17.0. The summed E-state index contributed by atoms with van der Waals surface area (Å²) in [6, 6.07) is 13.7. The smallest absolute Gasteiger partial charge is 0.295 e. The van der Waals surface area contributed by atoms with E-state index in [9.17, 15) is 19.8 Å². The van der Waals surface area contributed by atoms with Gasteiger partial charge in [-0.25, -0.2) is 4.98 Å². The van der Waals surface area contributed by atoms with Crippen molar-refractivity contribution in [2.45, 2.75) is 26.4 Å². The molecule has 36 heavy (non-hydrogen) atoms. The number of carbonyl (C=O) groups is 2. The second kappa shape index (κ2) is 10.5. The van der Waals surface area contributed by atoms with E-state index < -0.39 is 23.5 Å². The Morgan fingerprint density at radius 2 is 1.89 bits per heavy atom. The lowest BCUT2D eigenvalue weighted by Gasteiger charge is -2.27. The summed E-state index contributed by atoms with van der Waals surface area (Å²) in [5.41, 5.74) is 1.36. The van der Waals surface area contributed by atoms with Gasteiger partial charge in [0.25, 0.3) is 5.91 Å². The van der Waals surface area contributed by atoms with Crippen LogP contribution in [0.5, 0.6) is 17.2 Å². The lowest BCUT2D eigenvalue weighted by molar-refractivity contribution is -0.378. The molecule has 1 saturated heterocycles. The van der Waals surface area contributed by atoms with Gasteiger partial charge < -0.3 is 24.6 Å². The molecule has 0 saturated carbocycles. The number of aromatic amines is 1. The molecule has 1 aromatic heterocycles. The predicted molar refractivity (Wildman–Crippen MR) is 130 cm³/mol. The summed E-state index contributed by atoms with van der Waals surface area (Å²) >= 11 is 0. The molecule has 4 rings (SSSR count). The van der Waals surface area contributed by atoms with Crippen molar-refractivity contribution in [1.82, 2.24) is 4.90 Å². The molecule has 186 valence electrons. The molecule has 1 amide bonds. The predicted octanol–water partition coefficient (Wildman–Crippen LogP) is 2.67. The third-order valence-electron chi connectivity index (χ3n) is 5.87. The summed E-state index contributed by atoms with van der Waals surface area (Å²) in [6.45, 7) is 4.71. The first-order valence-corrected chi connectivity index (χ1v) is 11.6. The molecule has 0 radical (unpaired) electrons. The number of ether oxygens (including phenoxy) is 2. The molecule has 8 heteroatoms. The van der Waals surface area contributed by atoms with Gasteiger partial charge in [-0.3, -0.25) is 9.59 Å². The highest BCUT2D eigenvalue weighted by Gasteiger charge is 2.44. The number of nitrogens with one attached hydrogen (secondary N) is 1. The van der Waals surface area contributed by atoms with E-state index in [1.165, 1.54) is 24.1 Å². The summed E-state index contributed by atoms with van der Waals surface area (Å²) in [6.07, 6.45) is 3.46. The van der Waals surface area contributed by atoms with E-state index in [0.717, 1.165) is 5.56 Å². The van der Waals surface area contributed by atoms with E-state index in [2.05, 4.69) is 4.98 Å². The summed E-state index contributed by atoms with van der Waals surface area (Å²) in [7, 11) is 1.40. The van der Waals surface area contributed by atoms with Crippen LogP contribution in [0.2, 0.25) is 0 Å². The van der Waals surface area contributed by atoms with E-state index in [4.69, 9.17) is 9.47 Å². The number of hydrogen-bond acceptors (Lipinski definition) is 6. The van der Waals surface area contributed by atoms with E-state index in [1.54, 1.807) is 48.8 Å². The van der Waals surface area contributed by atoms with Crippen LogP contribution in [0, 0.1) is 5.92 Å². The second-order valence-electron chi connectivity index (χ2n) is 8.98. The van der Waals surface area contributed by atoms with Gasteiger partial charge in [-0.1, -0.05) is 37.8 Å². The quantitative estimate of drug-likeness (QED) is 0.296. The minimum absolute atomic E-state index is 0.0917. The van der Waals surface area contributed by atoms with E-state index in [0.29, 0.717) is 23.8 Å². The standard InChI is InChI=1S/C28H28N2O6/c1-17(2)16-36-21-9-6-19(7-10-21)26(32)24-25(20-8-11-22(31)23(13-20)35-3)30(28(34)27(24)33)15-18-5-4-12-29-14-18/h4-14,17,25,31-32H,15-16H2,1-3H3. The van der Waals surface area contributed by atoms with Crippen molar-refractivity contribution in [3.05, 3.63) is 89.3 Å². The molecule has 1 aliphatic rings. The Morgan fingerprint density at radius 3 is 2.53 bits per heavy atom. The molecule has 0 aliphatic carbocycles. The maximum Gasteiger partial charge on any atom is 0.295 e. The number of pyridine rings is 1. The largest absolute Gasteiger partial charge is 0.872 e. The molecular weight excluding hydrogens is 460 g/mol. The zero-order valence-corrected chi connectivity index (χ0v) is 20.4. The van der Waals surface area contributed by atoms with Gasteiger partial charge >= 0.3 is 0 Å². The number of ketones is 1. The van der Waals surface area contributed by atoms with Crippen LogP contribution in [0.15, 0.2) is 72.6 Å². The van der Waals surface area contributed by atoms with Crippen molar-refractivity contribution in [1.29, 1.82) is 0 Å². The van der Waals surface area contributed by atoms with Gasteiger partial charge in [0, 0.05) is 17.2 Å². The van der Waals surface area contributed by atoms with Crippen molar-refractivity contribution in [2.24, 2.45) is 5.92 Å². The molecule has 2 heterocycles. The molecule has 1 aliphatic heterocycles. The Morgan fingerprint density at radius 1 is 1.14 bits per heavy atom. The van der Waals surface area contributed by atoms with Crippen LogP contribution >= 0.6 is 0 Å². The van der Waals surface area contributed by atoms with Crippen LogP contribution in [0.3, 0.4) is 0 Å². The summed E-state index contributed by atoms with van der Waals surface area (Å²) in [5.74, 6) is -1.12. The maximum absolute atomic E-state index is 13.6. The first-order valence-electron chi connectivity index (χ1n) is 11.6. The second-order valence-corrected chi connectivity index (χ2v) is 8.98. The fourth-order valence-corrected chi connectivity index (χ4v) is 4.09. The first-order chi connectivity index (χ1) is 17.3. The van der Waals surface area contributed by atoms with Crippen LogP contribution in [0.4, 0.5) is 0 Å². The first kappa shape index (κ1) is 24.8. The number of aromatic nitrogens is 1. The van der Waals surface area contributed by atoms with Gasteiger partial charge in [-0.15, -0.1) is 0 Å². The Hall–Kier alpha value is -4.33. The summed E-state index contributed by atoms with van der Waals surface area (Å²) < 4.78 is 10.9. The lowest BCUT2D eigenvalue weighted by Crippen LogP contribution is -2.29. The molecular formula is C28H28N2O6. The molecule has 1 unspecified atom stereocenters. The van der Waals surface area contributed by atoms with Gasteiger partial charge in [-0.05, 0) is 47.4 Å². The van der Waals surface area contributed by atoms with Crippen molar-refractivity contribution in [2.75, 3.05) is 13.7 Å². The molecule has 1 atom stereocenters. The molecule has 1 fully saturated rings. The van der Waals surface area contributed by atoms with Gasteiger partial charge in [0.15, 0.2) is 23.9 Å². The average Bonchev–Trinajstić information content (AvgIpc) is 3.13. The highest BCUT2D eigenvalue weighted by molar-refractivity contribution is 6.46. The van der Waals surface area contributed by atoms with Crippen molar-refractivity contribution in [3.63, 3.8) is 0 Å². The van der Waals surface area contributed by atoms with E-state index >= 15 is 0 Å². The molecule has 8 nitrogen and oxygen atoms in total. The molecule has 2 N–H and O–H groups in total. The van der Waals surface area contributed by atoms with Crippen molar-refractivity contribution >= 4 is 17.4 Å². The highest BCUT2D eigenvalue weighted by Crippen LogP contribution is 2.42. The molecule has 0 bridgehead atoms. The number of nitrogens with zero attached hydrogens (tertiary/aromatic N) is 1. The van der Waals surface area contributed by atoms with Crippen molar-refractivity contribution < 1.29 is 34.3 Å². The average molecular weight is 489 g/mol. The van der Waals surface area contributed by atoms with Gasteiger partial charge in [-0.2, -0.15) is 0 Å². The number of amides is 1. The number of carbonyl (C=O) groups excluding carboxylic acids is 2. The number of methoxy groups -OCH3 is 1. The minimum atomic E-state index is -0.955. The number of hydrogen-bond donors (Lipinski definition) is 1. The van der Waals surface area contributed by atoms with Crippen LogP contribution in [0.1, 0.15) is 36.6 Å². The number of benzene rings is 2. The number of likely N-dealkylation sites (tertiary alicyclic amines) is 1. The number of H-pyrrole nitrogens is 1.